The molecule has 0 aliphatic carbocycles. The van der Waals surface area contributed by atoms with Gasteiger partial charge in [-0.25, -0.2) is 4.98 Å². The van der Waals surface area contributed by atoms with Crippen molar-refractivity contribution in [3.05, 3.63) is 77.9 Å². The lowest BCUT2D eigenvalue weighted by Crippen LogP contribution is -2.13. The Balaban J connectivity index is 1.50. The fraction of sp³-hybridized carbons (Fsp3) is 0.214. The summed E-state index contributed by atoms with van der Waals surface area (Å²) in [6.07, 6.45) is 0.383. The number of carbonyl (C=O) groups excluding carboxylic acids is 1. The molecule has 3 aromatic carbocycles. The summed E-state index contributed by atoms with van der Waals surface area (Å²) in [4.78, 5) is 20.8. The lowest BCUT2D eigenvalue weighted by Gasteiger charge is -2.09. The minimum absolute atomic E-state index is 0.0106. The van der Waals surface area contributed by atoms with Crippen molar-refractivity contribution in [1.82, 2.24) is 9.97 Å². The van der Waals surface area contributed by atoms with Crippen LogP contribution in [0, 0.1) is 13.8 Å². The predicted molar refractivity (Wildman–Crippen MR) is 142 cm³/mol. The Bertz CT molecular complexity index is 1230. The predicted octanol–water partition coefficient (Wildman–Crippen LogP) is 6.50. The lowest BCUT2D eigenvalue weighted by molar-refractivity contribution is -0.115. The van der Waals surface area contributed by atoms with Gasteiger partial charge in [-0.2, -0.15) is 0 Å². The molecule has 0 saturated heterocycles. The molecule has 180 valence electrons. The first kappa shape index (κ1) is 24.4. The SMILES string of the molecule is COc1ccc(-c2nc(SCCC(=O)Nc3cc(C)ccc3C)[nH]c2-c2ccc(OC)cc2)cc1. The van der Waals surface area contributed by atoms with Gasteiger partial charge in [0.2, 0.25) is 5.91 Å². The van der Waals surface area contributed by atoms with Gasteiger partial charge in [-0.15, -0.1) is 0 Å². The van der Waals surface area contributed by atoms with Gasteiger partial charge in [0.05, 0.1) is 25.6 Å². The lowest BCUT2D eigenvalue weighted by atomic mass is 10.0. The molecule has 1 amide bonds. The smallest absolute Gasteiger partial charge is 0.225 e. The van der Waals surface area contributed by atoms with E-state index < -0.39 is 0 Å². The molecule has 7 heteroatoms. The van der Waals surface area contributed by atoms with Gasteiger partial charge >= 0.3 is 0 Å². The number of methoxy groups -OCH3 is 2. The normalized spacial score (nSPS) is 10.7. The fourth-order valence-corrected chi connectivity index (χ4v) is 4.48. The monoisotopic (exact) mass is 487 g/mol. The molecule has 6 nitrogen and oxygen atoms in total. The van der Waals surface area contributed by atoms with Crippen LogP contribution in [0.5, 0.6) is 11.5 Å². The molecule has 0 aliphatic rings. The molecule has 0 bridgehead atoms. The van der Waals surface area contributed by atoms with Crippen LogP contribution in [0.3, 0.4) is 0 Å². The zero-order chi connectivity index (χ0) is 24.8. The minimum Gasteiger partial charge on any atom is -0.497 e. The van der Waals surface area contributed by atoms with Gasteiger partial charge in [0.15, 0.2) is 5.16 Å². The standard InChI is InChI=1S/C28H29N3O3S/c1-18-5-6-19(2)24(17-18)29-25(32)15-16-35-28-30-26(20-7-11-22(33-3)12-8-20)27(31-28)21-9-13-23(34-4)14-10-21/h5-14,17H,15-16H2,1-4H3,(H,29,32)(H,30,31). The highest BCUT2D eigenvalue weighted by Gasteiger charge is 2.16. The number of thioether (sulfide) groups is 1. The first-order chi connectivity index (χ1) is 17.0. The number of hydrogen-bond acceptors (Lipinski definition) is 5. The van der Waals surface area contributed by atoms with Crippen LogP contribution in [0.25, 0.3) is 22.5 Å². The third-order valence-electron chi connectivity index (χ3n) is 5.66. The molecule has 1 aromatic heterocycles. The molecule has 0 unspecified atom stereocenters. The first-order valence-corrected chi connectivity index (χ1v) is 12.3. The number of nitrogens with zero attached hydrogens (tertiary/aromatic N) is 1. The second-order valence-electron chi connectivity index (χ2n) is 8.19. The molecule has 0 aliphatic heterocycles. The minimum atomic E-state index is -0.0106. The Labute approximate surface area is 210 Å². The van der Waals surface area contributed by atoms with Gasteiger partial charge in [-0.1, -0.05) is 23.9 Å². The maximum absolute atomic E-state index is 12.5. The van der Waals surface area contributed by atoms with Crippen LogP contribution in [0.4, 0.5) is 5.69 Å². The molecule has 0 atom stereocenters. The molecule has 2 N–H and O–H groups in total. The number of H-pyrrole nitrogens is 1. The molecule has 0 spiro atoms. The van der Waals surface area contributed by atoms with Crippen LogP contribution in [-0.2, 0) is 4.79 Å². The number of aromatic amines is 1. The first-order valence-electron chi connectivity index (χ1n) is 11.4. The molecule has 4 rings (SSSR count). The van der Waals surface area contributed by atoms with Crippen molar-refractivity contribution in [3.8, 4) is 34.0 Å². The number of carbonyl (C=O) groups is 1. The Kier molecular flexibility index (Phi) is 7.77. The number of rotatable bonds is 9. The van der Waals surface area contributed by atoms with E-state index in [9.17, 15) is 4.79 Å². The number of aryl methyl sites for hydroxylation is 2. The number of anilines is 1. The van der Waals surface area contributed by atoms with Crippen LogP contribution in [-0.4, -0.2) is 35.8 Å². The van der Waals surface area contributed by atoms with E-state index in [0.717, 1.165) is 56.0 Å². The number of benzene rings is 3. The number of ether oxygens (including phenoxy) is 2. The van der Waals surface area contributed by atoms with Gasteiger partial charge in [0.1, 0.15) is 11.5 Å². The second-order valence-corrected chi connectivity index (χ2v) is 9.27. The van der Waals surface area contributed by atoms with E-state index in [0.29, 0.717) is 12.2 Å². The van der Waals surface area contributed by atoms with Crippen LogP contribution >= 0.6 is 11.8 Å². The topological polar surface area (TPSA) is 76.2 Å². The number of aromatic nitrogens is 2. The van der Waals surface area contributed by atoms with Gasteiger partial charge in [0, 0.05) is 29.0 Å². The molecule has 0 fully saturated rings. The van der Waals surface area contributed by atoms with Crippen molar-refractivity contribution < 1.29 is 14.3 Å². The number of amides is 1. The number of imidazole rings is 1. The van der Waals surface area contributed by atoms with Crippen LogP contribution in [0.15, 0.2) is 71.9 Å². The Morgan fingerprint density at radius 1 is 0.914 bits per heavy atom. The van der Waals surface area contributed by atoms with Gasteiger partial charge < -0.3 is 19.8 Å². The van der Waals surface area contributed by atoms with Crippen molar-refractivity contribution >= 4 is 23.4 Å². The van der Waals surface area contributed by atoms with E-state index in [1.807, 2.05) is 80.6 Å². The summed E-state index contributed by atoms with van der Waals surface area (Å²) >= 11 is 1.53. The third kappa shape index (κ3) is 6.05. The van der Waals surface area contributed by atoms with Crippen LogP contribution in [0.1, 0.15) is 17.5 Å². The fourth-order valence-electron chi connectivity index (χ4n) is 3.67. The molecule has 1 heterocycles. The summed E-state index contributed by atoms with van der Waals surface area (Å²) in [5.74, 6) is 2.18. The molecule has 0 radical (unpaired) electrons. The third-order valence-corrected chi connectivity index (χ3v) is 6.53. The Hall–Kier alpha value is -3.71. The van der Waals surface area contributed by atoms with E-state index in [1.54, 1.807) is 14.2 Å². The van der Waals surface area contributed by atoms with E-state index in [-0.39, 0.29) is 5.91 Å². The van der Waals surface area contributed by atoms with Crippen LogP contribution in [0.2, 0.25) is 0 Å². The Morgan fingerprint density at radius 2 is 1.54 bits per heavy atom. The molecule has 4 aromatic rings. The van der Waals surface area contributed by atoms with E-state index in [2.05, 4.69) is 10.3 Å². The van der Waals surface area contributed by atoms with Crippen molar-refractivity contribution in [1.29, 1.82) is 0 Å². The highest BCUT2D eigenvalue weighted by Crippen LogP contribution is 2.34. The highest BCUT2D eigenvalue weighted by atomic mass is 32.2. The summed E-state index contributed by atoms with van der Waals surface area (Å²) in [6, 6.07) is 21.8. The van der Waals surface area contributed by atoms with Gasteiger partial charge in [-0.05, 0) is 79.6 Å². The van der Waals surface area contributed by atoms with Crippen molar-refractivity contribution in [2.75, 3.05) is 25.3 Å². The van der Waals surface area contributed by atoms with E-state index in [4.69, 9.17) is 14.5 Å². The van der Waals surface area contributed by atoms with E-state index >= 15 is 0 Å². The summed E-state index contributed by atoms with van der Waals surface area (Å²) < 4.78 is 10.6. The summed E-state index contributed by atoms with van der Waals surface area (Å²) in [5.41, 5.74) is 6.78. The molecular formula is C28H29N3O3S. The number of hydrogen-bond donors (Lipinski definition) is 2. The van der Waals surface area contributed by atoms with Crippen LogP contribution < -0.4 is 14.8 Å². The Morgan fingerprint density at radius 3 is 2.17 bits per heavy atom. The average Bonchev–Trinajstić information content (AvgIpc) is 3.30. The van der Waals surface area contributed by atoms with Crippen molar-refractivity contribution in [2.45, 2.75) is 25.4 Å². The van der Waals surface area contributed by atoms with Crippen molar-refractivity contribution in [2.24, 2.45) is 0 Å². The zero-order valence-corrected chi connectivity index (χ0v) is 21.2. The van der Waals surface area contributed by atoms with Gasteiger partial charge in [-0.3, -0.25) is 4.79 Å². The summed E-state index contributed by atoms with van der Waals surface area (Å²) in [6.45, 7) is 4.01. The summed E-state index contributed by atoms with van der Waals surface area (Å²) in [5, 5.41) is 3.79. The molecule has 35 heavy (non-hydrogen) atoms. The van der Waals surface area contributed by atoms with Crippen molar-refractivity contribution in [3.63, 3.8) is 0 Å². The maximum Gasteiger partial charge on any atom is 0.225 e. The highest BCUT2D eigenvalue weighted by molar-refractivity contribution is 7.99. The zero-order valence-electron chi connectivity index (χ0n) is 20.3. The van der Waals surface area contributed by atoms with Gasteiger partial charge in [0.25, 0.3) is 0 Å². The average molecular weight is 488 g/mol. The molecular weight excluding hydrogens is 458 g/mol. The number of nitrogens with one attached hydrogen (secondary N) is 2. The maximum atomic E-state index is 12.5. The quantitative estimate of drug-likeness (QED) is 0.264. The second kappa shape index (κ2) is 11.1. The van der Waals surface area contributed by atoms with E-state index in [1.165, 1.54) is 11.8 Å². The molecule has 0 saturated carbocycles. The largest absolute Gasteiger partial charge is 0.497 e. The summed E-state index contributed by atoms with van der Waals surface area (Å²) in [7, 11) is 3.30.